The quantitative estimate of drug-likeness (QED) is 0.226. The van der Waals surface area contributed by atoms with Crippen molar-refractivity contribution in [3.8, 4) is 0 Å². The highest BCUT2D eigenvalue weighted by Crippen LogP contribution is 2.22. The fourth-order valence-electron chi connectivity index (χ4n) is 4.10. The van der Waals surface area contributed by atoms with Gasteiger partial charge in [0.25, 0.3) is 0 Å². The molecule has 1 heterocycles. The van der Waals surface area contributed by atoms with Crippen molar-refractivity contribution in [1.29, 1.82) is 0 Å². The highest BCUT2D eigenvalue weighted by atomic mass is 16.5. The van der Waals surface area contributed by atoms with Crippen molar-refractivity contribution in [2.45, 2.75) is 59.0 Å². The second-order valence-corrected chi connectivity index (χ2v) is 10.0. The molecule has 0 fully saturated rings. The molecular weight excluding hydrogens is 514 g/mol. The molecule has 4 amide bonds. The van der Waals surface area contributed by atoms with Gasteiger partial charge in [0.1, 0.15) is 17.5 Å². The molecule has 11 heteroatoms. The first kappa shape index (κ1) is 29.9. The molecule has 3 aromatic rings. The summed E-state index contributed by atoms with van der Waals surface area (Å²) >= 11 is 0. The number of hydrogen-bond acceptors (Lipinski definition) is 6. The Hall–Kier alpha value is -4.67. The SMILES string of the molecule is CC(=O)NC(Cc1cc(C(CC(C)C)NC(=O)Cc2ccc(NC(=O)Nc3ccccc3C)cc2)no1)C(=O)O. The maximum absolute atomic E-state index is 12.9. The van der Waals surface area contributed by atoms with Crippen molar-refractivity contribution >= 4 is 35.2 Å². The summed E-state index contributed by atoms with van der Waals surface area (Å²) in [5, 5.41) is 24.3. The average molecular weight is 550 g/mol. The number of urea groups is 1. The molecule has 0 saturated heterocycles. The molecule has 40 heavy (non-hydrogen) atoms. The summed E-state index contributed by atoms with van der Waals surface area (Å²) in [4.78, 5) is 48.0. The lowest BCUT2D eigenvalue weighted by Gasteiger charge is -2.18. The zero-order chi connectivity index (χ0) is 29.2. The van der Waals surface area contributed by atoms with E-state index in [0.29, 0.717) is 17.8 Å². The van der Waals surface area contributed by atoms with Crippen molar-refractivity contribution in [2.75, 3.05) is 10.6 Å². The van der Waals surface area contributed by atoms with Gasteiger partial charge in [0, 0.05) is 30.8 Å². The van der Waals surface area contributed by atoms with Gasteiger partial charge in [-0.1, -0.05) is 49.3 Å². The third-order valence-corrected chi connectivity index (χ3v) is 6.03. The number of carboxylic acids is 1. The molecular formula is C29H35N5O6. The molecule has 0 aliphatic rings. The molecule has 1 aromatic heterocycles. The van der Waals surface area contributed by atoms with E-state index in [1.807, 2.05) is 45.0 Å². The van der Waals surface area contributed by atoms with E-state index in [9.17, 15) is 24.3 Å². The van der Waals surface area contributed by atoms with E-state index in [2.05, 4.69) is 26.4 Å². The van der Waals surface area contributed by atoms with Crippen LogP contribution in [0, 0.1) is 12.8 Å². The third kappa shape index (κ3) is 9.26. The number of aliphatic carboxylic acids is 1. The summed E-state index contributed by atoms with van der Waals surface area (Å²) < 4.78 is 5.32. The first-order chi connectivity index (χ1) is 19.0. The van der Waals surface area contributed by atoms with Gasteiger partial charge in [-0.05, 0) is 48.6 Å². The molecule has 11 nitrogen and oxygen atoms in total. The number of carbonyl (C=O) groups is 4. The van der Waals surface area contributed by atoms with Gasteiger partial charge in [-0.15, -0.1) is 0 Å². The van der Waals surface area contributed by atoms with Gasteiger partial charge < -0.3 is 30.9 Å². The Morgan fingerprint density at radius 1 is 0.975 bits per heavy atom. The Morgan fingerprint density at radius 3 is 2.30 bits per heavy atom. The van der Waals surface area contributed by atoms with Crippen LogP contribution in [0.4, 0.5) is 16.2 Å². The molecule has 2 unspecified atom stereocenters. The lowest BCUT2D eigenvalue weighted by atomic mass is 10.00. The number of rotatable bonds is 12. The summed E-state index contributed by atoms with van der Waals surface area (Å²) in [7, 11) is 0. The number of carbonyl (C=O) groups excluding carboxylic acids is 3. The number of carboxylic acid groups (broad SMARTS) is 1. The molecule has 0 bridgehead atoms. The number of nitrogens with zero attached hydrogens (tertiary/aromatic N) is 1. The van der Waals surface area contributed by atoms with Crippen LogP contribution >= 0.6 is 0 Å². The summed E-state index contributed by atoms with van der Waals surface area (Å²) in [5.41, 5.74) is 3.49. The number of aryl methyl sites for hydroxylation is 1. The second kappa shape index (κ2) is 13.9. The minimum Gasteiger partial charge on any atom is -0.480 e. The first-order valence-electron chi connectivity index (χ1n) is 13.0. The van der Waals surface area contributed by atoms with E-state index >= 15 is 0 Å². The number of benzene rings is 2. The van der Waals surface area contributed by atoms with Gasteiger partial charge in [-0.2, -0.15) is 0 Å². The predicted molar refractivity (Wildman–Crippen MR) is 150 cm³/mol. The van der Waals surface area contributed by atoms with Crippen molar-refractivity contribution in [3.63, 3.8) is 0 Å². The van der Waals surface area contributed by atoms with Crippen molar-refractivity contribution in [3.05, 3.63) is 77.2 Å². The summed E-state index contributed by atoms with van der Waals surface area (Å²) in [6.45, 7) is 7.17. The number of anilines is 2. The van der Waals surface area contributed by atoms with Crippen LogP contribution in [0.1, 0.15) is 55.8 Å². The largest absolute Gasteiger partial charge is 0.480 e. The summed E-state index contributed by atoms with van der Waals surface area (Å²) in [5.74, 6) is -1.36. The van der Waals surface area contributed by atoms with E-state index in [-0.39, 0.29) is 36.5 Å². The standard InChI is InChI=1S/C29H35N5O6/c1-17(2)13-24(25-15-22(40-34-25)16-26(28(37)38)30-19(4)35)32-27(36)14-20-9-11-21(12-10-20)31-29(39)33-23-8-6-5-7-18(23)3/h5-12,15,17,24,26H,13-14,16H2,1-4H3,(H,30,35)(H,32,36)(H,37,38)(H2,31,33,39). The number of para-hydroxylation sites is 1. The van der Waals surface area contributed by atoms with Gasteiger partial charge in [0.15, 0.2) is 0 Å². The van der Waals surface area contributed by atoms with Crippen LogP contribution in [0.3, 0.4) is 0 Å². The number of aromatic nitrogens is 1. The Balaban J connectivity index is 1.59. The van der Waals surface area contributed by atoms with Crippen molar-refractivity contribution in [1.82, 2.24) is 15.8 Å². The van der Waals surface area contributed by atoms with Crippen LogP contribution in [0.2, 0.25) is 0 Å². The molecule has 0 radical (unpaired) electrons. The monoisotopic (exact) mass is 549 g/mol. The fourth-order valence-corrected chi connectivity index (χ4v) is 4.10. The lowest BCUT2D eigenvalue weighted by molar-refractivity contribution is -0.141. The maximum atomic E-state index is 12.9. The van der Waals surface area contributed by atoms with Crippen LogP contribution in [0.5, 0.6) is 0 Å². The molecule has 0 aliphatic carbocycles. The summed E-state index contributed by atoms with van der Waals surface area (Å²) in [6, 6.07) is 14.1. The molecule has 3 rings (SSSR count). The zero-order valence-electron chi connectivity index (χ0n) is 23.0. The van der Waals surface area contributed by atoms with Crippen LogP contribution in [-0.4, -0.2) is 40.1 Å². The predicted octanol–water partition coefficient (Wildman–Crippen LogP) is 4.20. The van der Waals surface area contributed by atoms with Crippen LogP contribution in [-0.2, 0) is 27.2 Å². The maximum Gasteiger partial charge on any atom is 0.326 e. The smallest absolute Gasteiger partial charge is 0.326 e. The number of nitrogens with one attached hydrogen (secondary N) is 4. The van der Waals surface area contributed by atoms with Crippen LogP contribution in [0.15, 0.2) is 59.1 Å². The van der Waals surface area contributed by atoms with E-state index < -0.39 is 24.0 Å². The Morgan fingerprint density at radius 2 is 1.68 bits per heavy atom. The third-order valence-electron chi connectivity index (χ3n) is 6.03. The minimum atomic E-state index is -1.19. The second-order valence-electron chi connectivity index (χ2n) is 10.0. The molecule has 5 N–H and O–H groups in total. The van der Waals surface area contributed by atoms with Crippen molar-refractivity contribution < 1.29 is 28.8 Å². The zero-order valence-corrected chi connectivity index (χ0v) is 23.0. The molecule has 2 atom stereocenters. The lowest BCUT2D eigenvalue weighted by Crippen LogP contribution is -2.41. The van der Waals surface area contributed by atoms with Gasteiger partial charge in [-0.3, -0.25) is 9.59 Å². The minimum absolute atomic E-state index is 0.0758. The summed E-state index contributed by atoms with van der Waals surface area (Å²) in [6.07, 6.45) is 0.622. The van der Waals surface area contributed by atoms with Gasteiger partial charge in [0.05, 0.1) is 12.5 Å². The number of amides is 4. The van der Waals surface area contributed by atoms with E-state index in [1.165, 1.54) is 6.92 Å². The average Bonchev–Trinajstić information content (AvgIpc) is 3.34. The fraction of sp³-hybridized carbons (Fsp3) is 0.345. The molecule has 2 aromatic carbocycles. The first-order valence-corrected chi connectivity index (χ1v) is 13.0. The molecule has 0 aliphatic heterocycles. The van der Waals surface area contributed by atoms with Crippen LogP contribution in [0.25, 0.3) is 0 Å². The van der Waals surface area contributed by atoms with Gasteiger partial charge in [-0.25, -0.2) is 9.59 Å². The normalized spacial score (nSPS) is 12.3. The Bertz CT molecular complexity index is 1330. The highest BCUT2D eigenvalue weighted by Gasteiger charge is 2.24. The topological polar surface area (TPSA) is 163 Å². The van der Waals surface area contributed by atoms with Crippen LogP contribution < -0.4 is 21.3 Å². The highest BCUT2D eigenvalue weighted by molar-refractivity contribution is 6.00. The van der Waals surface area contributed by atoms with E-state index in [4.69, 9.17) is 4.52 Å². The van der Waals surface area contributed by atoms with Gasteiger partial charge in [0.2, 0.25) is 11.8 Å². The molecule has 212 valence electrons. The van der Waals surface area contributed by atoms with Gasteiger partial charge >= 0.3 is 12.0 Å². The van der Waals surface area contributed by atoms with Crippen molar-refractivity contribution in [2.24, 2.45) is 5.92 Å². The Labute approximate surface area is 232 Å². The number of hydrogen-bond donors (Lipinski definition) is 5. The van der Waals surface area contributed by atoms with E-state index in [1.54, 1.807) is 30.3 Å². The Kier molecular flexibility index (Phi) is 10.4. The molecule has 0 saturated carbocycles. The van der Waals surface area contributed by atoms with E-state index in [0.717, 1.165) is 16.8 Å². The molecule has 0 spiro atoms.